The molecule has 3 unspecified atom stereocenters. The van der Waals surface area contributed by atoms with Crippen LogP contribution in [0.4, 0.5) is 0 Å². The molecule has 116 valence electrons. The second-order valence-electron chi connectivity index (χ2n) is 5.39. The van der Waals surface area contributed by atoms with E-state index in [4.69, 9.17) is 11.6 Å². The molecule has 0 bridgehead atoms. The Balaban J connectivity index is 1.93. The first-order valence-electron chi connectivity index (χ1n) is 6.81. The number of rotatable bonds is 4. The molecule has 2 aromatic rings. The minimum atomic E-state index is -3.48. The molecule has 0 amide bonds. The first kappa shape index (κ1) is 16.0. The minimum Gasteiger partial charge on any atom is -0.396 e. The van der Waals surface area contributed by atoms with Gasteiger partial charge in [-0.2, -0.15) is 0 Å². The topological polar surface area (TPSA) is 54.4 Å². The van der Waals surface area contributed by atoms with Crippen molar-refractivity contribution in [2.45, 2.75) is 16.1 Å². The van der Waals surface area contributed by atoms with Crippen LogP contribution in [0.3, 0.4) is 0 Å². The third-order valence-electron chi connectivity index (χ3n) is 4.06. The van der Waals surface area contributed by atoms with Crippen LogP contribution in [0.15, 0.2) is 57.9 Å². The second-order valence-corrected chi connectivity index (χ2v) is 8.85. The third-order valence-corrected chi connectivity index (χ3v) is 7.13. The Labute approximate surface area is 143 Å². The van der Waals surface area contributed by atoms with Crippen molar-refractivity contribution in [2.24, 2.45) is 5.92 Å². The highest BCUT2D eigenvalue weighted by Gasteiger charge is 2.58. The molecule has 1 aliphatic rings. The summed E-state index contributed by atoms with van der Waals surface area (Å²) in [5.41, 5.74) is 0.935. The largest absolute Gasteiger partial charge is 0.396 e. The van der Waals surface area contributed by atoms with E-state index in [0.29, 0.717) is 5.02 Å². The van der Waals surface area contributed by atoms with Crippen LogP contribution in [-0.4, -0.2) is 25.4 Å². The van der Waals surface area contributed by atoms with Crippen LogP contribution in [0.2, 0.25) is 5.02 Å². The van der Waals surface area contributed by atoms with E-state index in [1.165, 1.54) is 12.1 Å². The van der Waals surface area contributed by atoms with E-state index in [9.17, 15) is 13.5 Å². The van der Waals surface area contributed by atoms with Crippen LogP contribution in [0, 0.1) is 5.92 Å². The fourth-order valence-corrected chi connectivity index (χ4v) is 5.48. The lowest BCUT2D eigenvalue weighted by molar-refractivity contribution is 0.274. The summed E-state index contributed by atoms with van der Waals surface area (Å²) in [4.78, 5) is 0.250. The molecule has 1 fully saturated rings. The van der Waals surface area contributed by atoms with Crippen molar-refractivity contribution >= 4 is 37.4 Å². The number of benzene rings is 2. The van der Waals surface area contributed by atoms with Gasteiger partial charge in [-0.15, -0.1) is 0 Å². The summed E-state index contributed by atoms with van der Waals surface area (Å²) < 4.78 is 26.5. The molecule has 1 saturated carbocycles. The van der Waals surface area contributed by atoms with Gasteiger partial charge in [0.1, 0.15) is 0 Å². The lowest BCUT2D eigenvalue weighted by atomic mass is 10.1. The molecule has 0 spiro atoms. The van der Waals surface area contributed by atoms with E-state index >= 15 is 0 Å². The molecule has 0 saturated heterocycles. The van der Waals surface area contributed by atoms with Crippen LogP contribution in [-0.2, 0) is 9.84 Å². The molecule has 1 aliphatic carbocycles. The molecule has 3 nitrogen and oxygen atoms in total. The number of hydrogen-bond acceptors (Lipinski definition) is 3. The molecule has 0 radical (unpaired) electrons. The van der Waals surface area contributed by atoms with Crippen LogP contribution < -0.4 is 0 Å². The maximum absolute atomic E-state index is 12.8. The number of aliphatic hydroxyl groups is 1. The summed E-state index contributed by atoms with van der Waals surface area (Å²) in [5.74, 6) is -0.430. The van der Waals surface area contributed by atoms with Gasteiger partial charge >= 0.3 is 0 Å². The first-order valence-corrected chi connectivity index (χ1v) is 9.52. The monoisotopic (exact) mass is 400 g/mol. The summed E-state index contributed by atoms with van der Waals surface area (Å²) in [6.45, 7) is -0.141. The van der Waals surface area contributed by atoms with Gasteiger partial charge in [-0.3, -0.25) is 0 Å². The van der Waals surface area contributed by atoms with E-state index < -0.39 is 15.1 Å². The summed E-state index contributed by atoms with van der Waals surface area (Å²) in [7, 11) is -3.48. The molecule has 0 heterocycles. The SMILES string of the molecule is O=S(=O)(c1ccc(Cl)cc1)C1C(CO)C1c1ccc(Br)cc1. The average Bonchev–Trinajstić information content (AvgIpc) is 3.24. The lowest BCUT2D eigenvalue weighted by Gasteiger charge is -2.04. The first-order chi connectivity index (χ1) is 10.4. The van der Waals surface area contributed by atoms with E-state index in [2.05, 4.69) is 15.9 Å². The fourth-order valence-electron chi connectivity index (χ4n) is 2.89. The van der Waals surface area contributed by atoms with Gasteiger partial charge in [0.25, 0.3) is 0 Å². The number of sulfone groups is 1. The van der Waals surface area contributed by atoms with Crippen LogP contribution in [0.5, 0.6) is 0 Å². The molecule has 6 heteroatoms. The zero-order valence-electron chi connectivity index (χ0n) is 11.5. The second kappa shape index (κ2) is 5.96. The fraction of sp³-hybridized carbons (Fsp3) is 0.250. The molecule has 3 rings (SSSR count). The van der Waals surface area contributed by atoms with Crippen molar-refractivity contribution in [3.05, 3.63) is 63.6 Å². The summed E-state index contributed by atoms with van der Waals surface area (Å²) >= 11 is 9.18. The zero-order chi connectivity index (χ0) is 15.9. The van der Waals surface area contributed by atoms with Gasteiger partial charge in [-0.25, -0.2) is 8.42 Å². The van der Waals surface area contributed by atoms with Crippen molar-refractivity contribution in [1.29, 1.82) is 0 Å². The predicted molar refractivity (Wildman–Crippen MR) is 89.9 cm³/mol. The molecule has 0 aromatic heterocycles. The lowest BCUT2D eigenvalue weighted by Crippen LogP contribution is -2.11. The zero-order valence-corrected chi connectivity index (χ0v) is 14.6. The van der Waals surface area contributed by atoms with Crippen LogP contribution in [0.1, 0.15) is 11.5 Å². The maximum Gasteiger partial charge on any atom is 0.182 e. The van der Waals surface area contributed by atoms with Crippen molar-refractivity contribution in [3.63, 3.8) is 0 Å². The Bertz CT molecular complexity index is 772. The van der Waals surface area contributed by atoms with Gasteiger partial charge in [0, 0.05) is 27.9 Å². The Hall–Kier alpha value is -0.880. The highest BCUT2D eigenvalue weighted by atomic mass is 79.9. The van der Waals surface area contributed by atoms with Gasteiger partial charge < -0.3 is 5.11 Å². The van der Waals surface area contributed by atoms with Crippen LogP contribution >= 0.6 is 27.5 Å². The normalized spacial score (nSPS) is 24.2. The van der Waals surface area contributed by atoms with Gasteiger partial charge in [0.05, 0.1) is 10.1 Å². The smallest absolute Gasteiger partial charge is 0.182 e. The van der Waals surface area contributed by atoms with Crippen molar-refractivity contribution in [3.8, 4) is 0 Å². The Morgan fingerprint density at radius 3 is 2.18 bits per heavy atom. The predicted octanol–water partition coefficient (Wildman–Crippen LogP) is 3.65. The van der Waals surface area contributed by atoms with Crippen molar-refractivity contribution in [1.82, 2.24) is 0 Å². The molecule has 3 atom stereocenters. The quantitative estimate of drug-likeness (QED) is 0.851. The van der Waals surface area contributed by atoms with Gasteiger partial charge in [-0.1, -0.05) is 39.7 Å². The molecule has 1 N–H and O–H groups in total. The van der Waals surface area contributed by atoms with E-state index in [-0.39, 0.29) is 23.3 Å². The van der Waals surface area contributed by atoms with Crippen LogP contribution in [0.25, 0.3) is 0 Å². The van der Waals surface area contributed by atoms with Gasteiger partial charge in [-0.05, 0) is 42.0 Å². The van der Waals surface area contributed by atoms with Crippen molar-refractivity contribution in [2.75, 3.05) is 6.61 Å². The minimum absolute atomic E-state index is 0.141. The molecular weight excluding hydrogens is 388 g/mol. The molecule has 2 aromatic carbocycles. The van der Waals surface area contributed by atoms with Gasteiger partial charge in [0.15, 0.2) is 9.84 Å². The highest BCUT2D eigenvalue weighted by molar-refractivity contribution is 9.10. The van der Waals surface area contributed by atoms with E-state index in [0.717, 1.165) is 10.0 Å². The number of aliphatic hydroxyl groups excluding tert-OH is 1. The Morgan fingerprint density at radius 1 is 1.05 bits per heavy atom. The molecule has 0 aliphatic heterocycles. The third kappa shape index (κ3) is 2.83. The highest BCUT2D eigenvalue weighted by Crippen LogP contribution is 2.53. The Morgan fingerprint density at radius 2 is 1.64 bits per heavy atom. The van der Waals surface area contributed by atoms with Crippen molar-refractivity contribution < 1.29 is 13.5 Å². The average molecular weight is 402 g/mol. The van der Waals surface area contributed by atoms with E-state index in [1.807, 2.05) is 24.3 Å². The van der Waals surface area contributed by atoms with E-state index in [1.54, 1.807) is 12.1 Å². The molecular formula is C16H14BrClO3S. The summed E-state index contributed by atoms with van der Waals surface area (Å²) in [6.07, 6.45) is 0. The summed E-state index contributed by atoms with van der Waals surface area (Å²) in [5, 5.41) is 9.44. The maximum atomic E-state index is 12.8. The summed E-state index contributed by atoms with van der Waals surface area (Å²) in [6, 6.07) is 13.7. The van der Waals surface area contributed by atoms with Gasteiger partial charge in [0.2, 0.25) is 0 Å². The molecule has 22 heavy (non-hydrogen) atoms. The number of hydrogen-bond donors (Lipinski definition) is 1. The number of halogens is 2. The standard InChI is InChI=1S/C16H14BrClO3S/c17-11-3-1-10(2-4-11)15-14(9-19)16(15)22(20,21)13-7-5-12(18)6-8-13/h1-8,14-16,19H,9H2. The Kier molecular flexibility index (Phi) is 4.34.